The van der Waals surface area contributed by atoms with Crippen molar-refractivity contribution in [3.63, 3.8) is 0 Å². The van der Waals surface area contributed by atoms with E-state index in [1.165, 1.54) is 17.7 Å². The van der Waals surface area contributed by atoms with E-state index in [0.29, 0.717) is 5.75 Å². The Morgan fingerprint density at radius 2 is 1.65 bits per heavy atom. The van der Waals surface area contributed by atoms with E-state index in [9.17, 15) is 4.39 Å². The van der Waals surface area contributed by atoms with Crippen molar-refractivity contribution in [1.29, 1.82) is 0 Å². The molecule has 86 valence electrons. The fraction of sp³-hybridized carbons (Fsp3) is 0.0667. The van der Waals surface area contributed by atoms with Gasteiger partial charge in [-0.25, -0.2) is 4.39 Å². The lowest BCUT2D eigenvalue weighted by atomic mass is 10.2. The third-order valence-corrected chi connectivity index (χ3v) is 2.31. The highest BCUT2D eigenvalue weighted by Crippen LogP contribution is 2.11. The monoisotopic (exact) mass is 228 g/mol. The number of benzene rings is 2. The summed E-state index contributed by atoms with van der Waals surface area (Å²) in [6.45, 7) is 0. The number of rotatable bonds is 4. The normalized spacial score (nSPS) is 10.6. The van der Waals surface area contributed by atoms with E-state index in [2.05, 4.69) is 12.1 Å². The lowest BCUT2D eigenvalue weighted by molar-refractivity contribution is 0.477. The fourth-order valence-corrected chi connectivity index (χ4v) is 1.44. The predicted molar refractivity (Wildman–Crippen MR) is 66.3 cm³/mol. The molecule has 0 heterocycles. The van der Waals surface area contributed by atoms with Crippen molar-refractivity contribution in [3.05, 3.63) is 78.3 Å². The Morgan fingerprint density at radius 3 is 2.35 bits per heavy atom. The molecule has 0 radical (unpaired) electrons. The molecule has 0 saturated carbocycles. The van der Waals surface area contributed by atoms with Gasteiger partial charge < -0.3 is 4.74 Å². The molecule has 0 fully saturated rings. The second-order valence-electron chi connectivity index (χ2n) is 3.63. The van der Waals surface area contributed by atoms with E-state index in [1.807, 2.05) is 24.3 Å². The lowest BCUT2D eigenvalue weighted by Gasteiger charge is -1.99. The Labute approximate surface area is 100 Å². The molecule has 2 rings (SSSR count). The van der Waals surface area contributed by atoms with Crippen LogP contribution in [0.2, 0.25) is 0 Å². The summed E-state index contributed by atoms with van der Waals surface area (Å²) in [7, 11) is 0. The summed E-state index contributed by atoms with van der Waals surface area (Å²) >= 11 is 0. The highest BCUT2D eigenvalue weighted by Gasteiger charge is 1.91. The van der Waals surface area contributed by atoms with Crippen molar-refractivity contribution in [3.8, 4) is 5.75 Å². The van der Waals surface area contributed by atoms with Gasteiger partial charge in [-0.3, -0.25) is 0 Å². The zero-order chi connectivity index (χ0) is 11.9. The van der Waals surface area contributed by atoms with Crippen molar-refractivity contribution in [2.45, 2.75) is 6.42 Å². The van der Waals surface area contributed by atoms with Crippen LogP contribution >= 0.6 is 0 Å². The van der Waals surface area contributed by atoms with Crippen molar-refractivity contribution in [1.82, 2.24) is 0 Å². The average Bonchev–Trinajstić information content (AvgIpc) is 2.38. The third-order valence-electron chi connectivity index (χ3n) is 2.31. The number of allylic oxidation sites excluding steroid dienone is 1. The van der Waals surface area contributed by atoms with Crippen LogP contribution in [0.5, 0.6) is 5.75 Å². The van der Waals surface area contributed by atoms with Gasteiger partial charge in [-0.15, -0.1) is 0 Å². The van der Waals surface area contributed by atoms with Crippen LogP contribution in [0.25, 0.3) is 0 Å². The van der Waals surface area contributed by atoms with Crippen LogP contribution in [0, 0.1) is 5.82 Å². The van der Waals surface area contributed by atoms with E-state index in [0.717, 1.165) is 6.42 Å². The van der Waals surface area contributed by atoms with Crippen LogP contribution in [0.3, 0.4) is 0 Å². The minimum Gasteiger partial charge on any atom is -0.465 e. The molecule has 0 aliphatic heterocycles. The van der Waals surface area contributed by atoms with Gasteiger partial charge in [0.15, 0.2) is 0 Å². The summed E-state index contributed by atoms with van der Waals surface area (Å²) in [4.78, 5) is 0. The van der Waals surface area contributed by atoms with Crippen LogP contribution < -0.4 is 4.74 Å². The highest BCUT2D eigenvalue weighted by atomic mass is 19.1. The molecule has 0 saturated heterocycles. The number of halogens is 1. The molecule has 0 spiro atoms. The lowest BCUT2D eigenvalue weighted by Crippen LogP contribution is -1.84. The average molecular weight is 228 g/mol. The molecule has 0 atom stereocenters. The minimum atomic E-state index is -0.259. The van der Waals surface area contributed by atoms with Crippen molar-refractivity contribution < 1.29 is 9.13 Å². The number of hydrogen-bond acceptors (Lipinski definition) is 1. The SMILES string of the molecule is Fc1ccc(OC=CCc2ccccc2)cc1. The molecular formula is C15H13FO. The van der Waals surface area contributed by atoms with Gasteiger partial charge in [-0.05, 0) is 42.3 Å². The van der Waals surface area contributed by atoms with E-state index in [4.69, 9.17) is 4.74 Å². The summed E-state index contributed by atoms with van der Waals surface area (Å²) in [5, 5.41) is 0. The zero-order valence-corrected chi connectivity index (χ0v) is 9.34. The smallest absolute Gasteiger partial charge is 0.126 e. The van der Waals surface area contributed by atoms with E-state index < -0.39 is 0 Å². The first-order chi connectivity index (χ1) is 8.34. The van der Waals surface area contributed by atoms with E-state index >= 15 is 0 Å². The van der Waals surface area contributed by atoms with E-state index in [1.54, 1.807) is 18.4 Å². The topological polar surface area (TPSA) is 9.23 Å². The van der Waals surface area contributed by atoms with Gasteiger partial charge in [-0.2, -0.15) is 0 Å². The summed E-state index contributed by atoms with van der Waals surface area (Å²) in [5.41, 5.74) is 1.23. The minimum absolute atomic E-state index is 0.259. The molecule has 0 aliphatic carbocycles. The second kappa shape index (κ2) is 5.85. The quantitative estimate of drug-likeness (QED) is 0.720. The molecule has 2 aromatic carbocycles. The Morgan fingerprint density at radius 1 is 0.941 bits per heavy atom. The van der Waals surface area contributed by atoms with Gasteiger partial charge in [0.25, 0.3) is 0 Å². The molecule has 2 aromatic rings. The summed E-state index contributed by atoms with van der Waals surface area (Å²) in [6, 6.07) is 16.1. The van der Waals surface area contributed by atoms with Crippen molar-refractivity contribution in [2.24, 2.45) is 0 Å². The molecule has 2 heteroatoms. The predicted octanol–water partition coefficient (Wildman–Crippen LogP) is 3.96. The Balaban J connectivity index is 1.84. The first-order valence-corrected chi connectivity index (χ1v) is 5.46. The maximum Gasteiger partial charge on any atom is 0.126 e. The largest absolute Gasteiger partial charge is 0.465 e. The van der Waals surface area contributed by atoms with Crippen molar-refractivity contribution >= 4 is 0 Å². The van der Waals surface area contributed by atoms with Gasteiger partial charge in [0.2, 0.25) is 0 Å². The van der Waals surface area contributed by atoms with Gasteiger partial charge >= 0.3 is 0 Å². The first-order valence-electron chi connectivity index (χ1n) is 5.46. The van der Waals surface area contributed by atoms with E-state index in [-0.39, 0.29) is 5.82 Å². The summed E-state index contributed by atoms with van der Waals surface area (Å²) in [5.74, 6) is 0.376. The van der Waals surface area contributed by atoms with Crippen LogP contribution in [0.1, 0.15) is 5.56 Å². The Bertz CT molecular complexity index is 474. The van der Waals surface area contributed by atoms with Crippen LogP contribution in [0.15, 0.2) is 66.9 Å². The maximum absolute atomic E-state index is 12.6. The third kappa shape index (κ3) is 3.76. The standard InChI is InChI=1S/C15H13FO/c16-14-8-10-15(11-9-14)17-12-4-7-13-5-2-1-3-6-13/h1-6,8-12H,7H2. The Kier molecular flexibility index (Phi) is 3.92. The molecule has 0 unspecified atom stereocenters. The number of hydrogen-bond donors (Lipinski definition) is 0. The zero-order valence-electron chi connectivity index (χ0n) is 9.34. The maximum atomic E-state index is 12.6. The van der Waals surface area contributed by atoms with Gasteiger partial charge in [-0.1, -0.05) is 30.3 Å². The van der Waals surface area contributed by atoms with Gasteiger partial charge in [0, 0.05) is 0 Å². The molecule has 17 heavy (non-hydrogen) atoms. The molecular weight excluding hydrogens is 215 g/mol. The second-order valence-corrected chi connectivity index (χ2v) is 3.63. The molecule has 0 N–H and O–H groups in total. The van der Waals surface area contributed by atoms with Crippen molar-refractivity contribution in [2.75, 3.05) is 0 Å². The molecule has 0 aliphatic rings. The summed E-state index contributed by atoms with van der Waals surface area (Å²) < 4.78 is 18.0. The first kappa shape index (κ1) is 11.4. The highest BCUT2D eigenvalue weighted by molar-refractivity contribution is 5.23. The summed E-state index contributed by atoms with van der Waals surface area (Å²) in [6.07, 6.45) is 4.38. The molecule has 0 aromatic heterocycles. The number of ether oxygens (including phenoxy) is 1. The molecule has 0 bridgehead atoms. The van der Waals surface area contributed by atoms with Crippen LogP contribution in [-0.4, -0.2) is 0 Å². The fourth-order valence-electron chi connectivity index (χ4n) is 1.44. The molecule has 0 amide bonds. The van der Waals surface area contributed by atoms with Crippen LogP contribution in [-0.2, 0) is 6.42 Å². The van der Waals surface area contributed by atoms with Crippen LogP contribution in [0.4, 0.5) is 4.39 Å². The molecule has 1 nitrogen and oxygen atoms in total. The Hall–Kier alpha value is -2.09. The van der Waals surface area contributed by atoms with Gasteiger partial charge in [0.1, 0.15) is 11.6 Å². The van der Waals surface area contributed by atoms with Gasteiger partial charge in [0.05, 0.1) is 6.26 Å².